The van der Waals surface area contributed by atoms with Gasteiger partial charge in [-0.1, -0.05) is 153 Å². The smallest absolute Gasteiger partial charge is 0.151 e. The quantitative estimate of drug-likeness (QED) is 0.165. The molecule has 0 atom stereocenters. The van der Waals surface area contributed by atoms with Gasteiger partial charge in [-0.15, -0.1) is 0 Å². The van der Waals surface area contributed by atoms with E-state index in [-0.39, 0.29) is 5.41 Å². The highest BCUT2D eigenvalue weighted by Gasteiger charge is 2.42. The van der Waals surface area contributed by atoms with Crippen LogP contribution in [-0.4, -0.2) is 0 Å². The van der Waals surface area contributed by atoms with E-state index in [0.29, 0.717) is 0 Å². The fourth-order valence-electron chi connectivity index (χ4n) is 9.21. The van der Waals surface area contributed by atoms with Crippen molar-refractivity contribution in [2.24, 2.45) is 0 Å². The van der Waals surface area contributed by atoms with E-state index >= 15 is 0 Å². The lowest BCUT2D eigenvalue weighted by Crippen LogP contribution is -2.32. The first-order valence-corrected chi connectivity index (χ1v) is 19.4. The lowest BCUT2D eigenvalue weighted by Gasteiger charge is -2.45. The predicted octanol–water partition coefficient (Wildman–Crippen LogP) is 15.0. The van der Waals surface area contributed by atoms with E-state index in [1.807, 2.05) is 6.07 Å². The first-order chi connectivity index (χ1) is 27.5. The average molecular weight is 719 g/mol. The van der Waals surface area contributed by atoms with Gasteiger partial charge in [-0.25, -0.2) is 0 Å². The monoisotopic (exact) mass is 718 g/mol. The number of para-hydroxylation sites is 3. The minimum absolute atomic E-state index is 0.305. The highest BCUT2D eigenvalue weighted by atomic mass is 16.5. The number of hydrogen-bond acceptors (Lipinski definition) is 3. The second kappa shape index (κ2) is 12.5. The van der Waals surface area contributed by atoms with Crippen LogP contribution in [0.5, 0.6) is 11.5 Å². The van der Waals surface area contributed by atoms with Gasteiger partial charge in [-0.3, -0.25) is 0 Å². The van der Waals surface area contributed by atoms with E-state index < -0.39 is 0 Å². The molecule has 0 spiro atoms. The van der Waals surface area contributed by atoms with Crippen LogP contribution in [0, 0.1) is 0 Å². The molecule has 0 aromatic heterocycles. The van der Waals surface area contributed by atoms with Crippen molar-refractivity contribution < 1.29 is 4.74 Å². The standard InChI is InChI=1S/C53H38N2O/c1-53(2)45-24-14-28-50-52(45)55(46-25-10-11-27-49(46)56-50)47-26-13-23-42(51(47)53)37-18-12-19-40(33-37)54(39-31-29-36(30-32-39)35-15-4-3-5-16-35)48-34-38-17-6-7-20-41(38)43-21-8-9-22-44(43)48/h3-34H,1-2H3. The van der Waals surface area contributed by atoms with Gasteiger partial charge >= 0.3 is 0 Å². The average Bonchev–Trinajstić information content (AvgIpc) is 3.25. The maximum absolute atomic E-state index is 6.52. The molecule has 0 saturated carbocycles. The molecule has 2 heterocycles. The van der Waals surface area contributed by atoms with E-state index in [4.69, 9.17) is 4.74 Å². The minimum Gasteiger partial charge on any atom is -0.453 e. The van der Waals surface area contributed by atoms with E-state index in [0.717, 1.165) is 39.9 Å². The van der Waals surface area contributed by atoms with Crippen molar-refractivity contribution in [1.82, 2.24) is 0 Å². The molecule has 0 N–H and O–H groups in total. The van der Waals surface area contributed by atoms with Gasteiger partial charge in [0.05, 0.1) is 22.7 Å². The molecule has 0 saturated heterocycles. The minimum atomic E-state index is -0.305. The van der Waals surface area contributed by atoms with Crippen molar-refractivity contribution in [3.63, 3.8) is 0 Å². The summed E-state index contributed by atoms with van der Waals surface area (Å²) < 4.78 is 6.52. The molecule has 56 heavy (non-hydrogen) atoms. The molecule has 0 unspecified atom stereocenters. The molecule has 11 rings (SSSR count). The zero-order valence-electron chi connectivity index (χ0n) is 31.3. The summed E-state index contributed by atoms with van der Waals surface area (Å²) >= 11 is 0. The fraction of sp³-hybridized carbons (Fsp3) is 0.0566. The summed E-state index contributed by atoms with van der Waals surface area (Å²) in [5, 5.41) is 4.92. The van der Waals surface area contributed by atoms with Crippen LogP contribution < -0.4 is 14.5 Å². The molecule has 9 aromatic rings. The third-order valence-electron chi connectivity index (χ3n) is 11.8. The van der Waals surface area contributed by atoms with Gasteiger partial charge in [-0.05, 0) is 104 Å². The lowest BCUT2D eigenvalue weighted by molar-refractivity contribution is 0.471. The number of hydrogen-bond donors (Lipinski definition) is 0. The van der Waals surface area contributed by atoms with Crippen molar-refractivity contribution in [2.45, 2.75) is 19.3 Å². The number of anilines is 6. The molecule has 0 radical (unpaired) electrons. The maximum atomic E-state index is 6.52. The Hall–Kier alpha value is -7.10. The van der Waals surface area contributed by atoms with Gasteiger partial charge in [0.15, 0.2) is 11.5 Å². The molecule has 0 fully saturated rings. The SMILES string of the molecule is CC1(C)c2cccc3c2N(c2ccccc2O3)c2cccc(-c3cccc(N(c4ccc(-c5ccccc5)cc4)c4cc5ccccc5c5ccccc45)c3)c21. The van der Waals surface area contributed by atoms with Gasteiger partial charge in [-0.2, -0.15) is 0 Å². The number of benzene rings is 9. The van der Waals surface area contributed by atoms with Crippen LogP contribution in [0.25, 0.3) is 43.8 Å². The molecule has 0 bridgehead atoms. The number of nitrogens with zero attached hydrogens (tertiary/aromatic N) is 2. The second-order valence-electron chi connectivity index (χ2n) is 15.3. The summed E-state index contributed by atoms with van der Waals surface area (Å²) in [4.78, 5) is 4.85. The zero-order chi connectivity index (χ0) is 37.4. The van der Waals surface area contributed by atoms with E-state index in [1.54, 1.807) is 0 Å². The first-order valence-electron chi connectivity index (χ1n) is 19.4. The van der Waals surface area contributed by atoms with Gasteiger partial charge in [0.1, 0.15) is 0 Å². The van der Waals surface area contributed by atoms with Crippen LogP contribution >= 0.6 is 0 Å². The highest BCUT2D eigenvalue weighted by Crippen LogP contribution is 2.61. The third kappa shape index (κ3) is 4.91. The third-order valence-corrected chi connectivity index (χ3v) is 11.8. The molecule has 2 aliphatic rings. The summed E-state index contributed by atoms with van der Waals surface area (Å²) in [7, 11) is 0. The first kappa shape index (κ1) is 32.3. The topological polar surface area (TPSA) is 15.7 Å². The Bertz CT molecular complexity index is 2980. The molecule has 0 aliphatic carbocycles. The molecule has 0 amide bonds. The Kier molecular flexibility index (Phi) is 7.20. The van der Waals surface area contributed by atoms with Crippen LogP contribution in [-0.2, 0) is 5.41 Å². The van der Waals surface area contributed by atoms with E-state index in [9.17, 15) is 0 Å². The Morgan fingerprint density at radius 2 is 1.11 bits per heavy atom. The van der Waals surface area contributed by atoms with Crippen molar-refractivity contribution in [2.75, 3.05) is 9.80 Å². The Morgan fingerprint density at radius 3 is 1.96 bits per heavy atom. The van der Waals surface area contributed by atoms with Gasteiger partial charge in [0.25, 0.3) is 0 Å². The van der Waals surface area contributed by atoms with Crippen LogP contribution in [0.2, 0.25) is 0 Å². The molecule has 2 aliphatic heterocycles. The summed E-state index contributed by atoms with van der Waals surface area (Å²) in [6, 6.07) is 70.2. The van der Waals surface area contributed by atoms with Gasteiger partial charge < -0.3 is 14.5 Å². The molecular formula is C53H38N2O. The van der Waals surface area contributed by atoms with Crippen molar-refractivity contribution in [3.8, 4) is 33.8 Å². The Labute approximate surface area is 327 Å². The summed E-state index contributed by atoms with van der Waals surface area (Å²) in [5.74, 6) is 1.76. The lowest BCUT2D eigenvalue weighted by atomic mass is 9.70. The van der Waals surface area contributed by atoms with Crippen molar-refractivity contribution in [1.29, 1.82) is 0 Å². The van der Waals surface area contributed by atoms with Crippen LogP contribution in [0.1, 0.15) is 25.0 Å². The largest absolute Gasteiger partial charge is 0.453 e. The molecule has 266 valence electrons. The van der Waals surface area contributed by atoms with E-state index in [1.165, 1.54) is 60.6 Å². The summed E-state index contributed by atoms with van der Waals surface area (Å²) in [6.45, 7) is 4.71. The number of ether oxygens (including phenoxy) is 1. The fourth-order valence-corrected chi connectivity index (χ4v) is 9.21. The number of fused-ring (bicyclic) bond motifs is 7. The highest BCUT2D eigenvalue weighted by molar-refractivity contribution is 6.14. The van der Waals surface area contributed by atoms with Crippen molar-refractivity contribution >= 4 is 55.7 Å². The molecule has 9 aromatic carbocycles. The zero-order valence-corrected chi connectivity index (χ0v) is 31.3. The maximum Gasteiger partial charge on any atom is 0.151 e. The number of rotatable bonds is 5. The Balaban J connectivity index is 1.12. The van der Waals surface area contributed by atoms with Gasteiger partial charge in [0.2, 0.25) is 0 Å². The van der Waals surface area contributed by atoms with Crippen LogP contribution in [0.4, 0.5) is 34.1 Å². The molecular weight excluding hydrogens is 681 g/mol. The molecule has 3 nitrogen and oxygen atoms in total. The van der Waals surface area contributed by atoms with Crippen LogP contribution in [0.15, 0.2) is 194 Å². The van der Waals surface area contributed by atoms with Crippen LogP contribution in [0.3, 0.4) is 0 Å². The normalized spacial score (nSPS) is 13.4. The molecule has 3 heteroatoms. The van der Waals surface area contributed by atoms with E-state index in [2.05, 4.69) is 212 Å². The van der Waals surface area contributed by atoms with Crippen molar-refractivity contribution in [3.05, 3.63) is 205 Å². The summed E-state index contributed by atoms with van der Waals surface area (Å²) in [6.07, 6.45) is 0. The second-order valence-corrected chi connectivity index (χ2v) is 15.3. The Morgan fingerprint density at radius 1 is 0.464 bits per heavy atom. The summed E-state index contributed by atoms with van der Waals surface area (Å²) in [5.41, 5.74) is 13.7. The predicted molar refractivity (Wildman–Crippen MR) is 234 cm³/mol. The van der Waals surface area contributed by atoms with Gasteiger partial charge in [0, 0.05) is 22.2 Å².